The average molecular weight is 249 g/mol. The molecule has 6 heteroatoms. The maximum atomic E-state index is 11.3. The predicted molar refractivity (Wildman–Crippen MR) is 64.0 cm³/mol. The number of aromatic nitrogens is 2. The molecule has 17 heavy (non-hydrogen) atoms. The Kier molecular flexibility index (Phi) is 3.14. The molecular weight excluding hydrogens is 238 g/mol. The molecule has 0 aliphatic rings. The van der Waals surface area contributed by atoms with Crippen LogP contribution in [-0.4, -0.2) is 16.0 Å². The first-order valence-corrected chi connectivity index (χ1v) is 5.76. The van der Waals surface area contributed by atoms with Crippen LogP contribution >= 0.6 is 11.8 Å². The van der Waals surface area contributed by atoms with Gasteiger partial charge in [-0.05, 0) is 36.9 Å². The zero-order chi connectivity index (χ0) is 12.4. The van der Waals surface area contributed by atoms with Crippen LogP contribution < -0.4 is 5.73 Å². The Bertz CT molecular complexity index is 566. The Morgan fingerprint density at radius 2 is 2.18 bits per heavy atom. The summed E-state index contributed by atoms with van der Waals surface area (Å²) in [6.07, 6.45) is 0. The molecule has 0 saturated carbocycles. The molecule has 2 rings (SSSR count). The fourth-order valence-corrected chi connectivity index (χ4v) is 2.08. The highest BCUT2D eigenvalue weighted by Crippen LogP contribution is 2.28. The number of anilines is 1. The summed E-state index contributed by atoms with van der Waals surface area (Å²) < 4.78 is 5.24. The summed E-state index contributed by atoms with van der Waals surface area (Å²) in [6.45, 7) is 3.21. The molecule has 0 spiro atoms. The number of ketones is 1. The molecule has 0 unspecified atom stereocenters. The van der Waals surface area contributed by atoms with E-state index in [2.05, 4.69) is 10.2 Å². The number of benzene rings is 1. The number of hydrogen-bond acceptors (Lipinski definition) is 6. The molecule has 0 bridgehead atoms. The standard InChI is InChI=1S/C11H11N3O2S/c1-6(15)9-5-8(3-4-10(9)12)17-11-14-13-7(2)16-11/h3-5H,12H2,1-2H3. The van der Waals surface area contributed by atoms with E-state index in [9.17, 15) is 4.79 Å². The van der Waals surface area contributed by atoms with Gasteiger partial charge in [-0.3, -0.25) is 4.79 Å². The molecule has 5 nitrogen and oxygen atoms in total. The zero-order valence-electron chi connectivity index (χ0n) is 9.43. The molecular formula is C11H11N3O2S. The molecule has 0 aliphatic carbocycles. The zero-order valence-corrected chi connectivity index (χ0v) is 10.2. The second kappa shape index (κ2) is 4.58. The van der Waals surface area contributed by atoms with E-state index < -0.39 is 0 Å². The largest absolute Gasteiger partial charge is 0.416 e. The maximum absolute atomic E-state index is 11.3. The van der Waals surface area contributed by atoms with Crippen molar-refractivity contribution in [3.8, 4) is 0 Å². The molecule has 0 radical (unpaired) electrons. The number of nitrogens with two attached hydrogens (primary N) is 1. The third-order valence-corrected chi connectivity index (χ3v) is 2.95. The van der Waals surface area contributed by atoms with Gasteiger partial charge in [0, 0.05) is 23.1 Å². The van der Waals surface area contributed by atoms with Gasteiger partial charge in [0.15, 0.2) is 5.78 Å². The van der Waals surface area contributed by atoms with Crippen molar-refractivity contribution >= 4 is 23.2 Å². The fraction of sp³-hybridized carbons (Fsp3) is 0.182. The molecule has 2 N–H and O–H groups in total. The van der Waals surface area contributed by atoms with Crippen molar-refractivity contribution in [2.24, 2.45) is 0 Å². The number of carbonyl (C=O) groups excluding carboxylic acids is 1. The van der Waals surface area contributed by atoms with Gasteiger partial charge in [-0.25, -0.2) is 0 Å². The van der Waals surface area contributed by atoms with Crippen molar-refractivity contribution in [2.75, 3.05) is 5.73 Å². The molecule has 0 fully saturated rings. The molecule has 0 saturated heterocycles. The van der Waals surface area contributed by atoms with E-state index in [1.54, 1.807) is 19.1 Å². The normalized spacial score (nSPS) is 10.5. The van der Waals surface area contributed by atoms with Crippen LogP contribution in [-0.2, 0) is 0 Å². The Balaban J connectivity index is 2.28. The lowest BCUT2D eigenvalue weighted by atomic mass is 10.1. The molecule has 0 amide bonds. The first kappa shape index (κ1) is 11.7. The monoisotopic (exact) mass is 249 g/mol. The van der Waals surface area contributed by atoms with Crippen LogP contribution in [0.2, 0.25) is 0 Å². The Labute approximate surface area is 102 Å². The van der Waals surface area contributed by atoms with Gasteiger partial charge in [-0.1, -0.05) is 0 Å². The van der Waals surface area contributed by atoms with Crippen LogP contribution in [0.1, 0.15) is 23.2 Å². The molecule has 1 aromatic carbocycles. The summed E-state index contributed by atoms with van der Waals surface area (Å²) in [5.41, 5.74) is 6.69. The van der Waals surface area contributed by atoms with E-state index in [1.165, 1.54) is 18.7 Å². The number of carbonyl (C=O) groups is 1. The predicted octanol–water partition coefficient (Wildman–Crippen LogP) is 2.31. The van der Waals surface area contributed by atoms with E-state index in [0.717, 1.165) is 4.90 Å². The lowest BCUT2D eigenvalue weighted by Gasteiger charge is -2.03. The number of nitrogen functional groups attached to an aromatic ring is 1. The van der Waals surface area contributed by atoms with Gasteiger partial charge in [-0.15, -0.1) is 10.2 Å². The summed E-state index contributed by atoms with van der Waals surface area (Å²) in [4.78, 5) is 12.2. The van der Waals surface area contributed by atoms with Crippen molar-refractivity contribution in [3.63, 3.8) is 0 Å². The van der Waals surface area contributed by atoms with E-state index in [4.69, 9.17) is 10.2 Å². The highest BCUT2D eigenvalue weighted by atomic mass is 32.2. The first-order chi connectivity index (χ1) is 8.06. The van der Waals surface area contributed by atoms with Crippen molar-refractivity contribution in [3.05, 3.63) is 29.7 Å². The smallest absolute Gasteiger partial charge is 0.281 e. The second-order valence-electron chi connectivity index (χ2n) is 3.49. The quantitative estimate of drug-likeness (QED) is 0.664. The van der Waals surface area contributed by atoms with Gasteiger partial charge in [-0.2, -0.15) is 0 Å². The van der Waals surface area contributed by atoms with E-state index >= 15 is 0 Å². The third kappa shape index (κ3) is 2.65. The number of Topliss-reactive ketones (excluding diaryl/α,β-unsaturated/α-hetero) is 1. The number of rotatable bonds is 3. The van der Waals surface area contributed by atoms with Crippen molar-refractivity contribution in [2.45, 2.75) is 24.0 Å². The van der Waals surface area contributed by atoms with E-state index in [0.29, 0.717) is 22.4 Å². The first-order valence-electron chi connectivity index (χ1n) is 4.94. The molecule has 88 valence electrons. The summed E-state index contributed by atoms with van der Waals surface area (Å²) in [6, 6.07) is 5.23. The van der Waals surface area contributed by atoms with E-state index in [-0.39, 0.29) is 5.78 Å². The topological polar surface area (TPSA) is 82.0 Å². The highest BCUT2D eigenvalue weighted by Gasteiger charge is 2.09. The SMILES string of the molecule is CC(=O)c1cc(Sc2nnc(C)o2)ccc1N. The van der Waals surface area contributed by atoms with Crippen LogP contribution in [0.3, 0.4) is 0 Å². The van der Waals surface area contributed by atoms with Gasteiger partial charge >= 0.3 is 0 Å². The Hall–Kier alpha value is -1.82. The fourth-order valence-electron chi connectivity index (χ4n) is 1.32. The van der Waals surface area contributed by atoms with Gasteiger partial charge in [0.05, 0.1) is 0 Å². The van der Waals surface area contributed by atoms with Gasteiger partial charge < -0.3 is 10.2 Å². The minimum atomic E-state index is -0.0633. The minimum Gasteiger partial charge on any atom is -0.416 e. The minimum absolute atomic E-state index is 0.0633. The van der Waals surface area contributed by atoms with Crippen molar-refractivity contribution in [1.82, 2.24) is 10.2 Å². The van der Waals surface area contributed by atoms with Crippen molar-refractivity contribution < 1.29 is 9.21 Å². The van der Waals surface area contributed by atoms with Crippen LogP contribution in [0.4, 0.5) is 5.69 Å². The average Bonchev–Trinajstić information content (AvgIpc) is 2.66. The van der Waals surface area contributed by atoms with Crippen molar-refractivity contribution in [1.29, 1.82) is 0 Å². The van der Waals surface area contributed by atoms with Crippen LogP contribution in [0, 0.1) is 6.92 Å². The molecule has 0 aliphatic heterocycles. The summed E-state index contributed by atoms with van der Waals surface area (Å²) >= 11 is 1.30. The second-order valence-corrected chi connectivity index (χ2v) is 4.52. The van der Waals surface area contributed by atoms with Gasteiger partial charge in [0.2, 0.25) is 5.89 Å². The van der Waals surface area contributed by atoms with Crippen LogP contribution in [0.5, 0.6) is 0 Å². The lowest BCUT2D eigenvalue weighted by molar-refractivity contribution is 0.101. The van der Waals surface area contributed by atoms with Crippen LogP contribution in [0.15, 0.2) is 32.7 Å². The Morgan fingerprint density at radius 3 is 2.76 bits per heavy atom. The molecule has 0 atom stereocenters. The van der Waals surface area contributed by atoms with Crippen LogP contribution in [0.25, 0.3) is 0 Å². The third-order valence-electron chi connectivity index (χ3n) is 2.12. The molecule has 1 heterocycles. The highest BCUT2D eigenvalue weighted by molar-refractivity contribution is 7.99. The number of aryl methyl sites for hydroxylation is 1. The Morgan fingerprint density at radius 1 is 1.41 bits per heavy atom. The molecule has 1 aromatic heterocycles. The number of nitrogens with zero attached hydrogens (tertiary/aromatic N) is 2. The molecule has 2 aromatic rings. The van der Waals surface area contributed by atoms with Gasteiger partial charge in [0.25, 0.3) is 5.22 Å². The summed E-state index contributed by atoms with van der Waals surface area (Å²) in [7, 11) is 0. The maximum Gasteiger partial charge on any atom is 0.281 e. The lowest BCUT2D eigenvalue weighted by Crippen LogP contribution is -1.99. The number of hydrogen-bond donors (Lipinski definition) is 1. The van der Waals surface area contributed by atoms with Gasteiger partial charge in [0.1, 0.15) is 0 Å². The summed E-state index contributed by atoms with van der Waals surface area (Å²) in [5.74, 6) is 0.446. The van der Waals surface area contributed by atoms with E-state index in [1.807, 2.05) is 6.07 Å². The summed E-state index contributed by atoms with van der Waals surface area (Å²) in [5, 5.41) is 8.04.